The quantitative estimate of drug-likeness (QED) is 0.735. The first-order valence-electron chi connectivity index (χ1n) is 7.47. The van der Waals surface area contributed by atoms with E-state index in [0.717, 1.165) is 5.75 Å². The van der Waals surface area contributed by atoms with Gasteiger partial charge >= 0.3 is 0 Å². The molecule has 3 nitrogen and oxygen atoms in total. The minimum atomic E-state index is -1.88. The first kappa shape index (κ1) is 16.1. The first-order valence-corrected chi connectivity index (χ1v) is 10.4. The molecule has 0 aromatic heterocycles. The maximum Gasteiger partial charge on any atom is 0.250 e. The average Bonchev–Trinajstić information content (AvgIpc) is 2.24. The van der Waals surface area contributed by atoms with Crippen LogP contribution in [0.25, 0.3) is 0 Å². The summed E-state index contributed by atoms with van der Waals surface area (Å²) in [6.45, 7) is 14.9. The van der Waals surface area contributed by atoms with Crippen LogP contribution in [0.3, 0.4) is 0 Å². The minimum absolute atomic E-state index is 0.138. The molecule has 0 aliphatic carbocycles. The second-order valence-electron chi connectivity index (χ2n) is 7.98. The Hall–Kier alpha value is -1.29. The number of hydrogen-bond acceptors (Lipinski definition) is 3. The zero-order valence-corrected chi connectivity index (χ0v) is 15.2. The lowest BCUT2D eigenvalue weighted by molar-refractivity contribution is 0.0619. The molecule has 0 spiro atoms. The van der Waals surface area contributed by atoms with Gasteiger partial charge in [0.2, 0.25) is 8.32 Å². The van der Waals surface area contributed by atoms with Crippen molar-refractivity contribution < 1.29 is 14.0 Å². The predicted molar refractivity (Wildman–Crippen MR) is 87.9 cm³/mol. The van der Waals surface area contributed by atoms with Crippen LogP contribution in [0.2, 0.25) is 18.1 Å². The van der Waals surface area contributed by atoms with Crippen molar-refractivity contribution in [2.75, 3.05) is 0 Å². The lowest BCUT2D eigenvalue weighted by Gasteiger charge is -2.37. The van der Waals surface area contributed by atoms with E-state index >= 15 is 0 Å². The molecule has 0 radical (unpaired) electrons. The second-order valence-corrected chi connectivity index (χ2v) is 12.7. The Bertz CT molecular complexity index is 568. The van der Waals surface area contributed by atoms with Crippen molar-refractivity contribution in [2.24, 2.45) is 0 Å². The summed E-state index contributed by atoms with van der Waals surface area (Å²) < 4.78 is 12.2. The Balaban J connectivity index is 2.32. The van der Waals surface area contributed by atoms with E-state index in [1.165, 1.54) is 0 Å². The van der Waals surface area contributed by atoms with E-state index in [1.54, 1.807) is 0 Å². The highest BCUT2D eigenvalue weighted by Gasteiger charge is 2.39. The summed E-state index contributed by atoms with van der Waals surface area (Å²) in [6.07, 6.45) is 0.419. The summed E-state index contributed by atoms with van der Waals surface area (Å²) >= 11 is 0. The van der Waals surface area contributed by atoms with Crippen LogP contribution in [0.15, 0.2) is 18.2 Å². The fraction of sp³-hybridized carbons (Fsp3) is 0.588. The molecule has 0 atom stereocenters. The Kier molecular flexibility index (Phi) is 3.73. The molecular weight excluding hydrogens is 280 g/mol. The van der Waals surface area contributed by atoms with Crippen LogP contribution in [-0.4, -0.2) is 19.7 Å². The SMILES string of the molecule is CC1(C)CC(=O)c2ccc(O[Si](C)(C)C(C)(C)C)cc2O1. The third-order valence-electron chi connectivity index (χ3n) is 4.41. The highest BCUT2D eigenvalue weighted by molar-refractivity contribution is 6.74. The summed E-state index contributed by atoms with van der Waals surface area (Å²) in [5.74, 6) is 1.58. The smallest absolute Gasteiger partial charge is 0.250 e. The molecule has 1 aliphatic heterocycles. The van der Waals surface area contributed by atoms with Gasteiger partial charge in [0.1, 0.15) is 17.1 Å². The standard InChI is InChI=1S/C17H26O3Si/c1-16(2,3)21(6,7)20-12-8-9-13-14(18)11-17(4,5)19-15(13)10-12/h8-10H,11H2,1-7H3. The van der Waals surface area contributed by atoms with Crippen LogP contribution in [0.1, 0.15) is 51.4 Å². The molecule has 0 fully saturated rings. The maximum atomic E-state index is 12.1. The van der Waals surface area contributed by atoms with Crippen molar-refractivity contribution in [1.82, 2.24) is 0 Å². The Morgan fingerprint density at radius 2 is 1.86 bits per heavy atom. The maximum absolute atomic E-state index is 12.1. The Morgan fingerprint density at radius 3 is 2.43 bits per heavy atom. The summed E-state index contributed by atoms with van der Waals surface area (Å²) in [7, 11) is -1.88. The molecule has 1 aromatic carbocycles. The number of ether oxygens (including phenoxy) is 1. The van der Waals surface area contributed by atoms with Gasteiger partial charge in [-0.3, -0.25) is 4.79 Å². The normalized spacial score (nSPS) is 18.0. The van der Waals surface area contributed by atoms with Crippen molar-refractivity contribution in [1.29, 1.82) is 0 Å². The lowest BCUT2D eigenvalue weighted by atomic mass is 9.93. The first-order chi connectivity index (χ1) is 9.41. The largest absolute Gasteiger partial charge is 0.543 e. The van der Waals surface area contributed by atoms with Gasteiger partial charge in [0.25, 0.3) is 0 Å². The van der Waals surface area contributed by atoms with E-state index < -0.39 is 13.9 Å². The lowest BCUT2D eigenvalue weighted by Crippen LogP contribution is -2.44. The highest BCUT2D eigenvalue weighted by Crippen LogP contribution is 2.40. The summed E-state index contributed by atoms with van der Waals surface area (Å²) in [4.78, 5) is 12.1. The van der Waals surface area contributed by atoms with Gasteiger partial charge in [-0.15, -0.1) is 0 Å². The number of carbonyl (C=O) groups is 1. The van der Waals surface area contributed by atoms with Gasteiger partial charge in [0.05, 0.1) is 12.0 Å². The van der Waals surface area contributed by atoms with E-state index in [-0.39, 0.29) is 10.8 Å². The van der Waals surface area contributed by atoms with E-state index in [0.29, 0.717) is 17.7 Å². The van der Waals surface area contributed by atoms with Crippen LogP contribution in [-0.2, 0) is 0 Å². The fourth-order valence-electron chi connectivity index (χ4n) is 2.14. The number of carbonyl (C=O) groups excluding carboxylic acids is 1. The third-order valence-corrected chi connectivity index (χ3v) is 8.76. The topological polar surface area (TPSA) is 35.5 Å². The fourth-order valence-corrected chi connectivity index (χ4v) is 3.17. The van der Waals surface area contributed by atoms with Gasteiger partial charge in [-0.2, -0.15) is 0 Å². The zero-order valence-electron chi connectivity index (χ0n) is 14.2. The minimum Gasteiger partial charge on any atom is -0.543 e. The van der Waals surface area contributed by atoms with E-state index in [1.807, 2.05) is 32.0 Å². The van der Waals surface area contributed by atoms with Crippen molar-refractivity contribution in [3.63, 3.8) is 0 Å². The van der Waals surface area contributed by atoms with Crippen LogP contribution in [0, 0.1) is 0 Å². The molecule has 0 amide bonds. The van der Waals surface area contributed by atoms with Crippen molar-refractivity contribution >= 4 is 14.1 Å². The number of benzene rings is 1. The molecule has 1 heterocycles. The predicted octanol–water partition coefficient (Wildman–Crippen LogP) is 4.81. The van der Waals surface area contributed by atoms with Crippen LogP contribution in [0.4, 0.5) is 0 Å². The van der Waals surface area contributed by atoms with Crippen LogP contribution in [0.5, 0.6) is 11.5 Å². The van der Waals surface area contributed by atoms with Gasteiger partial charge in [-0.05, 0) is 44.1 Å². The third kappa shape index (κ3) is 3.31. The summed E-state index contributed by atoms with van der Waals surface area (Å²) in [6, 6.07) is 5.59. The average molecular weight is 306 g/mol. The molecule has 0 saturated carbocycles. The molecule has 0 saturated heterocycles. The van der Waals surface area contributed by atoms with Gasteiger partial charge in [0, 0.05) is 6.07 Å². The second kappa shape index (κ2) is 4.87. The molecular formula is C17H26O3Si. The zero-order chi connectivity index (χ0) is 16.1. The van der Waals surface area contributed by atoms with Gasteiger partial charge < -0.3 is 9.16 Å². The van der Waals surface area contributed by atoms with E-state index in [4.69, 9.17) is 9.16 Å². The summed E-state index contributed by atoms with van der Waals surface area (Å²) in [5, 5.41) is 0.138. The number of Topliss-reactive ketones (excluding diaryl/α,β-unsaturated/α-hetero) is 1. The van der Waals surface area contributed by atoms with Crippen molar-refractivity contribution in [3.05, 3.63) is 23.8 Å². The molecule has 0 N–H and O–H groups in total. The Labute approximate surface area is 128 Å². The number of rotatable bonds is 2. The molecule has 21 heavy (non-hydrogen) atoms. The number of ketones is 1. The van der Waals surface area contributed by atoms with Gasteiger partial charge in [0.15, 0.2) is 5.78 Å². The monoisotopic (exact) mass is 306 g/mol. The molecule has 116 valence electrons. The Morgan fingerprint density at radius 1 is 1.24 bits per heavy atom. The van der Waals surface area contributed by atoms with Crippen LogP contribution < -0.4 is 9.16 Å². The molecule has 0 unspecified atom stereocenters. The highest BCUT2D eigenvalue weighted by atomic mass is 28.4. The van der Waals surface area contributed by atoms with Crippen molar-refractivity contribution in [3.8, 4) is 11.5 Å². The van der Waals surface area contributed by atoms with Gasteiger partial charge in [-0.25, -0.2) is 0 Å². The molecule has 1 aromatic rings. The van der Waals surface area contributed by atoms with Gasteiger partial charge in [-0.1, -0.05) is 20.8 Å². The molecule has 4 heteroatoms. The van der Waals surface area contributed by atoms with Crippen LogP contribution >= 0.6 is 0 Å². The summed E-state index contributed by atoms with van der Waals surface area (Å²) in [5.41, 5.74) is 0.219. The molecule has 0 bridgehead atoms. The number of fused-ring (bicyclic) bond motifs is 1. The number of hydrogen-bond donors (Lipinski definition) is 0. The van der Waals surface area contributed by atoms with E-state index in [2.05, 4.69) is 33.9 Å². The van der Waals surface area contributed by atoms with E-state index in [9.17, 15) is 4.79 Å². The van der Waals surface area contributed by atoms with Crippen molar-refractivity contribution in [2.45, 2.75) is 64.8 Å². The molecule has 2 rings (SSSR count). The molecule has 1 aliphatic rings.